The lowest BCUT2D eigenvalue weighted by molar-refractivity contribution is -0.115. The zero-order valence-corrected chi connectivity index (χ0v) is 20.7. The number of nitrogens with one attached hydrogen (secondary N) is 1. The van der Waals surface area contributed by atoms with Crippen molar-refractivity contribution in [2.24, 2.45) is 0 Å². The van der Waals surface area contributed by atoms with Crippen molar-refractivity contribution in [1.82, 2.24) is 13.8 Å². The Morgan fingerprint density at radius 3 is 2.47 bits per heavy atom. The molecule has 34 heavy (non-hydrogen) atoms. The molecule has 1 aromatic heterocycles. The third-order valence-electron chi connectivity index (χ3n) is 7.51. The third-order valence-corrected chi connectivity index (χ3v) is 9.41. The predicted octanol–water partition coefficient (Wildman–Crippen LogP) is 2.90. The second kappa shape index (κ2) is 8.94. The average molecular weight is 485 g/mol. The fourth-order valence-electron chi connectivity index (χ4n) is 5.72. The monoisotopic (exact) mass is 484 g/mol. The molecule has 9 heteroatoms. The summed E-state index contributed by atoms with van der Waals surface area (Å²) in [4.78, 5) is 27.0. The summed E-state index contributed by atoms with van der Waals surface area (Å²) in [7, 11) is -3.64. The van der Waals surface area contributed by atoms with Gasteiger partial charge in [0.25, 0.3) is 0 Å². The van der Waals surface area contributed by atoms with Crippen molar-refractivity contribution in [3.05, 3.63) is 46.8 Å². The molecule has 1 saturated heterocycles. The second-order valence-electron chi connectivity index (χ2n) is 9.74. The van der Waals surface area contributed by atoms with Crippen LogP contribution in [0.3, 0.4) is 0 Å². The van der Waals surface area contributed by atoms with Gasteiger partial charge in [0.2, 0.25) is 15.9 Å². The number of Topliss-reactive ketones (excluding diaryl/α,β-unsaturated/α-hetero) is 1. The smallest absolute Gasteiger partial charge is 0.243 e. The number of rotatable bonds is 6. The average Bonchev–Trinajstić information content (AvgIpc) is 3.52. The van der Waals surface area contributed by atoms with Crippen LogP contribution in [0.5, 0.6) is 0 Å². The number of carbonyl (C=O) groups is 2. The fraction of sp³-hybridized carbons (Fsp3) is 0.520. The Labute approximate surface area is 201 Å². The number of aryl methyl sites for hydroxylation is 1. The molecule has 2 aliphatic heterocycles. The maximum absolute atomic E-state index is 13.2. The van der Waals surface area contributed by atoms with Crippen LogP contribution in [0.4, 0.5) is 5.69 Å². The molecule has 0 unspecified atom stereocenters. The van der Waals surface area contributed by atoms with Gasteiger partial charge in [-0.3, -0.25) is 14.5 Å². The van der Waals surface area contributed by atoms with Gasteiger partial charge >= 0.3 is 0 Å². The Morgan fingerprint density at radius 2 is 1.76 bits per heavy atom. The molecule has 5 rings (SSSR count). The Hall–Kier alpha value is -2.49. The second-order valence-corrected chi connectivity index (χ2v) is 11.7. The van der Waals surface area contributed by atoms with E-state index < -0.39 is 10.0 Å². The molecule has 182 valence electrons. The SMILES string of the molecule is Cc1cc(C(=O)CN2CCN(S(=O)(=O)c3ccc4c(c3)CC(=O)N4)CC2)c(C)n1C1CCCC1. The van der Waals surface area contributed by atoms with Crippen molar-refractivity contribution in [3.63, 3.8) is 0 Å². The maximum Gasteiger partial charge on any atom is 0.243 e. The van der Waals surface area contributed by atoms with E-state index in [4.69, 9.17) is 0 Å². The number of amides is 1. The lowest BCUT2D eigenvalue weighted by Gasteiger charge is -2.33. The molecule has 1 aliphatic carbocycles. The summed E-state index contributed by atoms with van der Waals surface area (Å²) in [6.07, 6.45) is 5.06. The van der Waals surface area contributed by atoms with E-state index in [1.165, 1.54) is 30.0 Å². The van der Waals surface area contributed by atoms with Crippen LogP contribution in [0.15, 0.2) is 29.2 Å². The van der Waals surface area contributed by atoms with Crippen molar-refractivity contribution < 1.29 is 18.0 Å². The first-order chi connectivity index (χ1) is 16.2. The highest BCUT2D eigenvalue weighted by atomic mass is 32.2. The fourth-order valence-corrected chi connectivity index (χ4v) is 7.19. The molecular weight excluding hydrogens is 452 g/mol. The summed E-state index contributed by atoms with van der Waals surface area (Å²) in [5.74, 6) is -0.0173. The molecule has 1 amide bonds. The first-order valence-electron chi connectivity index (χ1n) is 12.1. The highest BCUT2D eigenvalue weighted by Gasteiger charge is 2.31. The molecule has 0 spiro atoms. The third kappa shape index (κ3) is 4.21. The number of aromatic nitrogens is 1. The van der Waals surface area contributed by atoms with Crippen LogP contribution in [-0.4, -0.2) is 66.6 Å². The quantitative estimate of drug-likeness (QED) is 0.637. The van der Waals surface area contributed by atoms with Gasteiger partial charge in [-0.15, -0.1) is 0 Å². The molecule has 2 aromatic rings. The number of hydrogen-bond acceptors (Lipinski definition) is 5. The molecule has 1 aromatic carbocycles. The lowest BCUT2D eigenvalue weighted by Crippen LogP contribution is -2.49. The zero-order chi connectivity index (χ0) is 24.0. The Morgan fingerprint density at radius 1 is 1.06 bits per heavy atom. The molecule has 1 saturated carbocycles. The minimum absolute atomic E-state index is 0.101. The summed E-state index contributed by atoms with van der Waals surface area (Å²) in [6, 6.07) is 7.33. The summed E-state index contributed by atoms with van der Waals surface area (Å²) in [5.41, 5.74) is 4.39. The van der Waals surface area contributed by atoms with Gasteiger partial charge in [0.05, 0.1) is 17.9 Å². The van der Waals surface area contributed by atoms with E-state index in [0.717, 1.165) is 17.0 Å². The van der Waals surface area contributed by atoms with Gasteiger partial charge in [0.15, 0.2) is 5.78 Å². The number of piperazine rings is 1. The lowest BCUT2D eigenvalue weighted by atomic mass is 10.1. The van der Waals surface area contributed by atoms with E-state index in [9.17, 15) is 18.0 Å². The standard InChI is InChI=1S/C25H32N4O4S/c1-17-13-22(18(2)29(17)20-5-3-4-6-20)24(30)16-27-9-11-28(12-10-27)34(32,33)21-7-8-23-19(14-21)15-25(31)26-23/h7-8,13-14,20H,3-6,9-12,15-16H2,1-2H3,(H,26,31). The molecule has 2 fully saturated rings. The Balaban J connectivity index is 1.22. The molecule has 0 atom stereocenters. The molecule has 0 radical (unpaired) electrons. The van der Waals surface area contributed by atoms with Gasteiger partial charge in [0.1, 0.15) is 0 Å². The topological polar surface area (TPSA) is 91.7 Å². The van der Waals surface area contributed by atoms with Crippen LogP contribution in [0, 0.1) is 13.8 Å². The van der Waals surface area contributed by atoms with Crippen molar-refractivity contribution >= 4 is 27.4 Å². The minimum atomic E-state index is -3.64. The van der Waals surface area contributed by atoms with Gasteiger partial charge in [0, 0.05) is 54.9 Å². The Bertz CT molecular complexity index is 1240. The van der Waals surface area contributed by atoms with E-state index in [0.29, 0.717) is 50.0 Å². The van der Waals surface area contributed by atoms with Crippen LogP contribution in [0.1, 0.15) is 59.0 Å². The molecule has 3 heterocycles. The number of benzene rings is 1. The number of nitrogens with zero attached hydrogens (tertiary/aromatic N) is 3. The highest BCUT2D eigenvalue weighted by molar-refractivity contribution is 7.89. The first kappa shape index (κ1) is 23.3. The molecule has 1 N–H and O–H groups in total. The molecule has 3 aliphatic rings. The number of carbonyl (C=O) groups excluding carboxylic acids is 2. The van der Waals surface area contributed by atoms with Gasteiger partial charge in [-0.05, 0) is 56.5 Å². The van der Waals surface area contributed by atoms with E-state index in [2.05, 4.69) is 16.8 Å². The number of hydrogen-bond donors (Lipinski definition) is 1. The summed E-state index contributed by atoms with van der Waals surface area (Å²) >= 11 is 0. The van der Waals surface area contributed by atoms with Crippen molar-refractivity contribution in [2.75, 3.05) is 38.0 Å². The summed E-state index contributed by atoms with van der Waals surface area (Å²) < 4.78 is 30.1. The predicted molar refractivity (Wildman–Crippen MR) is 130 cm³/mol. The van der Waals surface area contributed by atoms with Gasteiger partial charge < -0.3 is 9.88 Å². The van der Waals surface area contributed by atoms with Crippen molar-refractivity contribution in [1.29, 1.82) is 0 Å². The Kier molecular flexibility index (Phi) is 6.12. The van der Waals surface area contributed by atoms with E-state index >= 15 is 0 Å². The number of ketones is 1. The summed E-state index contributed by atoms with van der Waals surface area (Å²) in [6.45, 7) is 6.12. The van der Waals surface area contributed by atoms with Crippen LogP contribution < -0.4 is 5.32 Å². The van der Waals surface area contributed by atoms with Crippen molar-refractivity contribution in [2.45, 2.75) is 56.9 Å². The molecule has 0 bridgehead atoms. The van der Waals surface area contributed by atoms with E-state index in [-0.39, 0.29) is 23.0 Å². The van der Waals surface area contributed by atoms with Crippen molar-refractivity contribution in [3.8, 4) is 0 Å². The van der Waals surface area contributed by atoms with E-state index in [1.54, 1.807) is 18.2 Å². The van der Waals surface area contributed by atoms with E-state index in [1.807, 2.05) is 17.9 Å². The normalized spacial score (nSPS) is 20.0. The summed E-state index contributed by atoms with van der Waals surface area (Å²) in [5, 5.41) is 2.73. The number of anilines is 1. The molecular formula is C25H32N4O4S. The van der Waals surface area contributed by atoms with Crippen LogP contribution >= 0.6 is 0 Å². The van der Waals surface area contributed by atoms with Crippen LogP contribution in [0.2, 0.25) is 0 Å². The maximum atomic E-state index is 13.2. The van der Waals surface area contributed by atoms with Gasteiger partial charge in [-0.2, -0.15) is 4.31 Å². The number of fused-ring (bicyclic) bond motifs is 1. The molecule has 8 nitrogen and oxygen atoms in total. The van der Waals surface area contributed by atoms with Crippen LogP contribution in [0.25, 0.3) is 0 Å². The highest BCUT2D eigenvalue weighted by Crippen LogP contribution is 2.33. The zero-order valence-electron chi connectivity index (χ0n) is 19.8. The van der Waals surface area contributed by atoms with Crippen LogP contribution in [-0.2, 0) is 21.2 Å². The first-order valence-corrected chi connectivity index (χ1v) is 13.5. The van der Waals surface area contributed by atoms with Gasteiger partial charge in [-0.25, -0.2) is 8.42 Å². The van der Waals surface area contributed by atoms with Gasteiger partial charge in [-0.1, -0.05) is 12.8 Å². The largest absolute Gasteiger partial charge is 0.345 e. The minimum Gasteiger partial charge on any atom is -0.345 e. The number of sulfonamides is 1.